The molecule has 2 heterocycles. The molecule has 130 valence electrons. The van der Waals surface area contributed by atoms with Crippen LogP contribution in [0.2, 0.25) is 0 Å². The predicted molar refractivity (Wildman–Crippen MR) is 92.5 cm³/mol. The normalized spacial score (nSPS) is 18.0. The summed E-state index contributed by atoms with van der Waals surface area (Å²) in [5, 5.41) is 7.53. The van der Waals surface area contributed by atoms with Crippen LogP contribution in [0, 0.1) is 19.8 Å². The smallest absolute Gasteiger partial charge is 0.317 e. The van der Waals surface area contributed by atoms with E-state index in [4.69, 9.17) is 0 Å². The standard InChI is InChI=1S/C17H31N5O/c1-13-10-15(3)22(19-13)11-14(2)18-17(23)21(5)12-16-6-8-20(4)9-7-16/h10,14,16H,6-9,11-12H2,1-5H3,(H,18,23)/t14-/m1/s1. The Hall–Kier alpha value is -1.56. The molecule has 1 aromatic rings. The third kappa shape index (κ3) is 5.23. The number of nitrogens with one attached hydrogen (secondary N) is 1. The van der Waals surface area contributed by atoms with Crippen molar-refractivity contribution in [2.75, 3.05) is 33.7 Å². The predicted octanol–water partition coefficient (Wildman–Crippen LogP) is 1.87. The molecule has 0 bridgehead atoms. The minimum absolute atomic E-state index is 0.0120. The topological polar surface area (TPSA) is 53.4 Å². The number of amides is 2. The summed E-state index contributed by atoms with van der Waals surface area (Å²) in [5.41, 5.74) is 2.14. The van der Waals surface area contributed by atoms with Crippen molar-refractivity contribution in [1.82, 2.24) is 24.9 Å². The molecule has 0 unspecified atom stereocenters. The molecule has 1 aromatic heterocycles. The van der Waals surface area contributed by atoms with E-state index >= 15 is 0 Å². The Balaban J connectivity index is 1.77. The van der Waals surface area contributed by atoms with E-state index in [0.717, 1.165) is 31.0 Å². The van der Waals surface area contributed by atoms with Crippen LogP contribution in [0.3, 0.4) is 0 Å². The highest BCUT2D eigenvalue weighted by atomic mass is 16.2. The maximum Gasteiger partial charge on any atom is 0.317 e. The van der Waals surface area contributed by atoms with Crippen LogP contribution in [0.15, 0.2) is 6.07 Å². The molecule has 1 saturated heterocycles. The van der Waals surface area contributed by atoms with Crippen molar-refractivity contribution in [3.05, 3.63) is 17.5 Å². The van der Waals surface area contributed by atoms with Crippen LogP contribution < -0.4 is 5.32 Å². The minimum Gasteiger partial charge on any atom is -0.334 e. The van der Waals surface area contributed by atoms with Crippen LogP contribution in [0.25, 0.3) is 0 Å². The Bertz CT molecular complexity index is 519. The summed E-state index contributed by atoms with van der Waals surface area (Å²) < 4.78 is 1.96. The minimum atomic E-state index is 0.0120. The average molecular weight is 321 g/mol. The number of piperidine rings is 1. The van der Waals surface area contributed by atoms with Crippen LogP contribution in [0.5, 0.6) is 0 Å². The van der Waals surface area contributed by atoms with Gasteiger partial charge in [-0.15, -0.1) is 0 Å². The lowest BCUT2D eigenvalue weighted by atomic mass is 9.97. The van der Waals surface area contributed by atoms with E-state index in [1.165, 1.54) is 12.8 Å². The zero-order valence-electron chi connectivity index (χ0n) is 15.2. The second kappa shape index (κ2) is 7.81. The Morgan fingerprint density at radius 2 is 2.09 bits per heavy atom. The van der Waals surface area contributed by atoms with Gasteiger partial charge < -0.3 is 15.1 Å². The largest absolute Gasteiger partial charge is 0.334 e. The fourth-order valence-electron chi connectivity index (χ4n) is 3.20. The number of urea groups is 1. The first kappa shape index (κ1) is 17.8. The van der Waals surface area contributed by atoms with E-state index in [9.17, 15) is 4.79 Å². The van der Waals surface area contributed by atoms with E-state index in [1.807, 2.05) is 37.4 Å². The van der Waals surface area contributed by atoms with Crippen LogP contribution in [-0.4, -0.2) is 65.4 Å². The summed E-state index contributed by atoms with van der Waals surface area (Å²) in [5.74, 6) is 0.619. The number of likely N-dealkylation sites (tertiary alicyclic amines) is 1. The van der Waals surface area contributed by atoms with Gasteiger partial charge in [-0.1, -0.05) is 0 Å². The fraction of sp³-hybridized carbons (Fsp3) is 0.765. The second-order valence-electron chi connectivity index (χ2n) is 7.09. The number of carbonyl (C=O) groups excluding carboxylic acids is 1. The third-order valence-electron chi connectivity index (χ3n) is 4.64. The average Bonchev–Trinajstić information content (AvgIpc) is 2.79. The first-order valence-corrected chi connectivity index (χ1v) is 8.56. The van der Waals surface area contributed by atoms with Gasteiger partial charge in [0, 0.05) is 25.3 Å². The molecule has 6 nitrogen and oxygen atoms in total. The molecular formula is C17H31N5O. The monoisotopic (exact) mass is 321 g/mol. The number of carbonyl (C=O) groups is 1. The molecule has 0 aliphatic carbocycles. The highest BCUT2D eigenvalue weighted by Crippen LogP contribution is 2.16. The van der Waals surface area contributed by atoms with Gasteiger partial charge in [-0.25, -0.2) is 4.79 Å². The summed E-state index contributed by atoms with van der Waals surface area (Å²) in [6, 6.07) is 2.12. The number of aromatic nitrogens is 2. The molecule has 1 aliphatic rings. The number of aryl methyl sites for hydroxylation is 2. The molecule has 0 spiro atoms. The Morgan fingerprint density at radius 3 is 2.65 bits per heavy atom. The zero-order chi connectivity index (χ0) is 17.0. The lowest BCUT2D eigenvalue weighted by molar-refractivity contribution is 0.168. The molecule has 1 aliphatic heterocycles. The van der Waals surface area contributed by atoms with Crippen LogP contribution >= 0.6 is 0 Å². The van der Waals surface area contributed by atoms with E-state index in [0.29, 0.717) is 12.5 Å². The van der Waals surface area contributed by atoms with Gasteiger partial charge in [-0.2, -0.15) is 5.10 Å². The van der Waals surface area contributed by atoms with Crippen molar-refractivity contribution in [2.24, 2.45) is 5.92 Å². The molecule has 2 amide bonds. The quantitative estimate of drug-likeness (QED) is 0.901. The van der Waals surface area contributed by atoms with E-state index < -0.39 is 0 Å². The lowest BCUT2D eigenvalue weighted by Crippen LogP contribution is -2.46. The summed E-state index contributed by atoms with van der Waals surface area (Å²) in [7, 11) is 4.05. The van der Waals surface area contributed by atoms with Crippen molar-refractivity contribution in [2.45, 2.75) is 46.2 Å². The Kier molecular flexibility index (Phi) is 6.04. The summed E-state index contributed by atoms with van der Waals surface area (Å²) in [6.07, 6.45) is 2.35. The van der Waals surface area contributed by atoms with Gasteiger partial charge >= 0.3 is 6.03 Å². The Morgan fingerprint density at radius 1 is 1.43 bits per heavy atom. The van der Waals surface area contributed by atoms with Gasteiger partial charge in [0.15, 0.2) is 0 Å². The van der Waals surface area contributed by atoms with Crippen LogP contribution in [-0.2, 0) is 6.54 Å². The van der Waals surface area contributed by atoms with Gasteiger partial charge in [-0.05, 0) is 65.7 Å². The van der Waals surface area contributed by atoms with Crippen LogP contribution in [0.1, 0.15) is 31.2 Å². The fourth-order valence-corrected chi connectivity index (χ4v) is 3.20. The first-order chi connectivity index (χ1) is 10.8. The SMILES string of the molecule is Cc1cc(C)n(C[C@@H](C)NC(=O)N(C)CC2CCN(C)CC2)n1. The molecule has 2 rings (SSSR count). The molecule has 0 radical (unpaired) electrons. The van der Waals surface area contributed by atoms with Gasteiger partial charge in [0.05, 0.1) is 12.2 Å². The zero-order valence-corrected chi connectivity index (χ0v) is 15.2. The van der Waals surface area contributed by atoms with E-state index in [2.05, 4.69) is 28.4 Å². The van der Waals surface area contributed by atoms with Crippen molar-refractivity contribution < 1.29 is 4.79 Å². The van der Waals surface area contributed by atoms with Gasteiger partial charge in [0.25, 0.3) is 0 Å². The highest BCUT2D eigenvalue weighted by Gasteiger charge is 2.21. The molecule has 1 atom stereocenters. The van der Waals surface area contributed by atoms with Crippen LogP contribution in [0.4, 0.5) is 4.79 Å². The summed E-state index contributed by atoms with van der Waals surface area (Å²) in [6.45, 7) is 9.86. The maximum atomic E-state index is 12.3. The maximum absolute atomic E-state index is 12.3. The lowest BCUT2D eigenvalue weighted by Gasteiger charge is -2.32. The van der Waals surface area contributed by atoms with Gasteiger partial charge in [-0.3, -0.25) is 4.68 Å². The van der Waals surface area contributed by atoms with Crippen molar-refractivity contribution in [1.29, 1.82) is 0 Å². The molecule has 1 N–H and O–H groups in total. The molecule has 6 heteroatoms. The third-order valence-corrected chi connectivity index (χ3v) is 4.64. The van der Waals surface area contributed by atoms with E-state index in [-0.39, 0.29) is 12.1 Å². The molecule has 23 heavy (non-hydrogen) atoms. The van der Waals surface area contributed by atoms with Crippen molar-refractivity contribution in [3.63, 3.8) is 0 Å². The van der Waals surface area contributed by atoms with Crippen molar-refractivity contribution in [3.8, 4) is 0 Å². The highest BCUT2D eigenvalue weighted by molar-refractivity contribution is 5.74. The van der Waals surface area contributed by atoms with Crippen molar-refractivity contribution >= 4 is 6.03 Å². The molecule has 1 fully saturated rings. The number of hydrogen-bond acceptors (Lipinski definition) is 3. The molecular weight excluding hydrogens is 290 g/mol. The second-order valence-corrected chi connectivity index (χ2v) is 7.09. The summed E-state index contributed by atoms with van der Waals surface area (Å²) in [4.78, 5) is 16.5. The molecule has 0 aromatic carbocycles. The number of nitrogens with zero attached hydrogens (tertiary/aromatic N) is 4. The first-order valence-electron chi connectivity index (χ1n) is 8.56. The number of rotatable bonds is 5. The van der Waals surface area contributed by atoms with E-state index in [1.54, 1.807) is 0 Å². The number of hydrogen-bond donors (Lipinski definition) is 1. The Labute approximate surface area is 139 Å². The van der Waals surface area contributed by atoms with Gasteiger partial charge in [0.2, 0.25) is 0 Å². The van der Waals surface area contributed by atoms with Gasteiger partial charge in [0.1, 0.15) is 0 Å². The summed E-state index contributed by atoms with van der Waals surface area (Å²) >= 11 is 0. The molecule has 0 saturated carbocycles.